The summed E-state index contributed by atoms with van der Waals surface area (Å²) in [7, 11) is 1.47. The van der Waals surface area contributed by atoms with Gasteiger partial charge in [0.1, 0.15) is 18.1 Å². The highest BCUT2D eigenvalue weighted by molar-refractivity contribution is 5.71. The first-order valence-electron chi connectivity index (χ1n) is 7.77. The van der Waals surface area contributed by atoms with E-state index >= 15 is 0 Å². The van der Waals surface area contributed by atoms with Crippen LogP contribution in [0.25, 0.3) is 0 Å². The molecule has 0 saturated heterocycles. The first-order valence-corrected chi connectivity index (χ1v) is 7.77. The zero-order valence-corrected chi connectivity index (χ0v) is 14.0. The van der Waals surface area contributed by atoms with Crippen molar-refractivity contribution in [1.82, 2.24) is 0 Å². The third-order valence-corrected chi connectivity index (χ3v) is 3.66. The molecule has 2 aromatic rings. The van der Waals surface area contributed by atoms with Crippen molar-refractivity contribution in [3.8, 4) is 11.5 Å². The number of aromatic hydroxyl groups is 1. The molecule has 0 amide bonds. The van der Waals surface area contributed by atoms with E-state index in [1.807, 2.05) is 0 Å². The summed E-state index contributed by atoms with van der Waals surface area (Å²) < 4.78 is 15.8. The molecule has 0 saturated carbocycles. The summed E-state index contributed by atoms with van der Waals surface area (Å²) >= 11 is 0. The van der Waals surface area contributed by atoms with Crippen LogP contribution >= 0.6 is 0 Å². The van der Waals surface area contributed by atoms with Crippen molar-refractivity contribution in [3.05, 3.63) is 57.6 Å². The van der Waals surface area contributed by atoms with Crippen molar-refractivity contribution in [2.24, 2.45) is 0 Å². The summed E-state index contributed by atoms with van der Waals surface area (Å²) in [5.41, 5.74) is -0.152. The van der Waals surface area contributed by atoms with E-state index in [4.69, 9.17) is 13.9 Å². The number of aliphatic hydroxyl groups excluding tert-OH is 1. The molecular formula is C18H20O7. The first-order chi connectivity index (χ1) is 12.0. The predicted molar refractivity (Wildman–Crippen MR) is 88.7 cm³/mol. The van der Waals surface area contributed by atoms with Gasteiger partial charge in [0.15, 0.2) is 5.76 Å². The fraction of sp³-hybridized carbons (Fsp3) is 0.333. The van der Waals surface area contributed by atoms with Crippen molar-refractivity contribution < 1.29 is 28.9 Å². The Bertz CT molecular complexity index is 794. The van der Waals surface area contributed by atoms with Crippen molar-refractivity contribution in [2.45, 2.75) is 25.9 Å². The molecule has 1 heterocycles. The van der Waals surface area contributed by atoms with Gasteiger partial charge in [0, 0.05) is 11.6 Å². The van der Waals surface area contributed by atoms with Crippen LogP contribution in [0.4, 0.5) is 0 Å². The minimum Gasteiger partial charge on any atom is -0.502 e. The van der Waals surface area contributed by atoms with E-state index < -0.39 is 29.7 Å². The minimum absolute atomic E-state index is 0.0124. The molecule has 0 aliphatic rings. The lowest BCUT2D eigenvalue weighted by Crippen LogP contribution is -2.15. The molecule has 7 heteroatoms. The van der Waals surface area contributed by atoms with E-state index in [1.165, 1.54) is 7.11 Å². The second-order valence-corrected chi connectivity index (χ2v) is 5.25. The van der Waals surface area contributed by atoms with Gasteiger partial charge in [0.2, 0.25) is 11.2 Å². The number of carbonyl (C=O) groups is 1. The van der Waals surface area contributed by atoms with E-state index in [0.29, 0.717) is 11.3 Å². The largest absolute Gasteiger partial charge is 0.502 e. The Kier molecular flexibility index (Phi) is 6.19. The van der Waals surface area contributed by atoms with Crippen molar-refractivity contribution in [3.63, 3.8) is 0 Å². The molecule has 2 rings (SSSR count). The molecule has 7 nitrogen and oxygen atoms in total. The number of carbonyl (C=O) groups excluding carboxylic acids is 1. The number of para-hydroxylation sites is 1. The predicted octanol–water partition coefficient (Wildman–Crippen LogP) is 1.93. The molecule has 0 aliphatic carbocycles. The van der Waals surface area contributed by atoms with Crippen LogP contribution in [0.5, 0.6) is 11.5 Å². The molecule has 1 aromatic carbocycles. The van der Waals surface area contributed by atoms with Gasteiger partial charge in [-0.05, 0) is 13.0 Å². The lowest BCUT2D eigenvalue weighted by Gasteiger charge is -2.19. The maximum atomic E-state index is 12.0. The van der Waals surface area contributed by atoms with E-state index in [-0.39, 0.29) is 24.5 Å². The van der Waals surface area contributed by atoms with Gasteiger partial charge >= 0.3 is 5.97 Å². The molecule has 2 N–H and O–H groups in total. The van der Waals surface area contributed by atoms with Gasteiger partial charge in [-0.2, -0.15) is 0 Å². The average Bonchev–Trinajstić information content (AvgIpc) is 2.62. The first kappa shape index (κ1) is 18.5. The summed E-state index contributed by atoms with van der Waals surface area (Å²) in [5.74, 6) is -1.61. The molecule has 0 unspecified atom stereocenters. The Balaban J connectivity index is 2.61. The Morgan fingerprint density at radius 1 is 1.32 bits per heavy atom. The monoisotopic (exact) mass is 348 g/mol. The summed E-state index contributed by atoms with van der Waals surface area (Å²) in [6.45, 7) is 1.37. The van der Waals surface area contributed by atoms with Gasteiger partial charge in [-0.15, -0.1) is 0 Å². The quantitative estimate of drug-likeness (QED) is 0.736. The molecule has 1 atom stereocenters. The summed E-state index contributed by atoms with van der Waals surface area (Å²) in [6, 6.07) is 7.89. The highest BCUT2D eigenvalue weighted by Gasteiger charge is 2.28. The molecule has 25 heavy (non-hydrogen) atoms. The average molecular weight is 348 g/mol. The van der Waals surface area contributed by atoms with Gasteiger partial charge in [-0.25, -0.2) is 0 Å². The standard InChI is InChI=1S/C18H20O7/c1-3-24-16(21)9-13(12-6-4-5-7-15(12)23-2)18-17(22)14(20)8-11(10-19)25-18/h4-8,13,19,22H,3,9-10H2,1-2H3/t13-/m1/s1. The lowest BCUT2D eigenvalue weighted by atomic mass is 9.91. The van der Waals surface area contributed by atoms with Gasteiger partial charge < -0.3 is 24.1 Å². The van der Waals surface area contributed by atoms with Crippen LogP contribution in [0.2, 0.25) is 0 Å². The minimum atomic E-state index is -0.811. The van der Waals surface area contributed by atoms with Crippen LogP contribution in [-0.4, -0.2) is 29.9 Å². The van der Waals surface area contributed by atoms with E-state index in [0.717, 1.165) is 6.07 Å². The van der Waals surface area contributed by atoms with Crippen LogP contribution in [0.15, 0.2) is 39.5 Å². The molecule has 0 spiro atoms. The number of rotatable bonds is 7. The molecule has 0 fully saturated rings. The zero-order chi connectivity index (χ0) is 18.4. The summed E-state index contributed by atoms with van der Waals surface area (Å²) in [4.78, 5) is 24.0. The number of esters is 1. The second-order valence-electron chi connectivity index (χ2n) is 5.25. The topological polar surface area (TPSA) is 106 Å². The third-order valence-electron chi connectivity index (χ3n) is 3.66. The Hall–Kier alpha value is -2.80. The second kappa shape index (κ2) is 8.34. The van der Waals surface area contributed by atoms with E-state index in [2.05, 4.69) is 0 Å². The molecule has 0 radical (unpaired) electrons. The number of hydrogen-bond donors (Lipinski definition) is 2. The number of hydrogen-bond acceptors (Lipinski definition) is 7. The van der Waals surface area contributed by atoms with Crippen LogP contribution in [0, 0.1) is 0 Å². The van der Waals surface area contributed by atoms with Crippen LogP contribution < -0.4 is 10.2 Å². The Labute approximate surface area is 144 Å². The van der Waals surface area contributed by atoms with Crippen LogP contribution in [0.3, 0.4) is 0 Å². The molecule has 1 aromatic heterocycles. The number of methoxy groups -OCH3 is 1. The molecular weight excluding hydrogens is 328 g/mol. The van der Waals surface area contributed by atoms with Gasteiger partial charge in [-0.1, -0.05) is 18.2 Å². The lowest BCUT2D eigenvalue weighted by molar-refractivity contribution is -0.143. The maximum absolute atomic E-state index is 12.0. The third kappa shape index (κ3) is 4.19. The SMILES string of the molecule is CCOC(=O)C[C@H](c1ccccc1OC)c1oc(CO)cc(=O)c1O. The van der Waals surface area contributed by atoms with Crippen molar-refractivity contribution in [2.75, 3.05) is 13.7 Å². The zero-order valence-electron chi connectivity index (χ0n) is 14.0. The maximum Gasteiger partial charge on any atom is 0.306 e. The van der Waals surface area contributed by atoms with Crippen LogP contribution in [0.1, 0.15) is 36.3 Å². The normalized spacial score (nSPS) is 11.8. The summed E-state index contributed by atoms with van der Waals surface area (Å²) in [6.07, 6.45) is -0.167. The van der Waals surface area contributed by atoms with Gasteiger partial charge in [-0.3, -0.25) is 9.59 Å². The number of ether oxygens (including phenoxy) is 2. The molecule has 0 bridgehead atoms. The highest BCUT2D eigenvalue weighted by Crippen LogP contribution is 2.37. The van der Waals surface area contributed by atoms with E-state index in [1.54, 1.807) is 31.2 Å². The van der Waals surface area contributed by atoms with Gasteiger partial charge in [0.05, 0.1) is 26.1 Å². The van der Waals surface area contributed by atoms with E-state index in [9.17, 15) is 19.8 Å². The highest BCUT2D eigenvalue weighted by atomic mass is 16.5. The number of aliphatic hydroxyl groups is 1. The van der Waals surface area contributed by atoms with Gasteiger partial charge in [0.25, 0.3) is 0 Å². The molecule has 134 valence electrons. The van der Waals surface area contributed by atoms with Crippen LogP contribution in [-0.2, 0) is 16.1 Å². The number of benzene rings is 1. The smallest absolute Gasteiger partial charge is 0.306 e. The Morgan fingerprint density at radius 3 is 2.68 bits per heavy atom. The fourth-order valence-corrected chi connectivity index (χ4v) is 2.55. The van der Waals surface area contributed by atoms with Crippen molar-refractivity contribution in [1.29, 1.82) is 0 Å². The summed E-state index contributed by atoms with van der Waals surface area (Å²) in [5, 5.41) is 19.4. The Morgan fingerprint density at radius 2 is 2.04 bits per heavy atom. The fourth-order valence-electron chi connectivity index (χ4n) is 2.55. The van der Waals surface area contributed by atoms with Crippen molar-refractivity contribution >= 4 is 5.97 Å². The molecule has 0 aliphatic heterocycles.